The van der Waals surface area contributed by atoms with Crippen LogP contribution in [0.3, 0.4) is 0 Å². The molecule has 40 heavy (non-hydrogen) atoms. The van der Waals surface area contributed by atoms with Crippen LogP contribution < -0.4 is 20.9 Å². The van der Waals surface area contributed by atoms with Crippen molar-refractivity contribution in [2.24, 2.45) is 29.6 Å². The van der Waals surface area contributed by atoms with Crippen molar-refractivity contribution in [1.29, 1.82) is 0 Å². The number of phenolic OH excluding ortho intramolecular Hbond substituents is 1. The van der Waals surface area contributed by atoms with Crippen LogP contribution in [-0.4, -0.2) is 28.7 Å². The summed E-state index contributed by atoms with van der Waals surface area (Å²) in [6.45, 7) is 8.53. The molecule has 1 aromatic carbocycles. The Hall–Kier alpha value is -2.70. The summed E-state index contributed by atoms with van der Waals surface area (Å²) in [5, 5.41) is 14.9. The Bertz CT molecular complexity index is 1180. The third kappa shape index (κ3) is 4.98. The molecule has 5 aliphatic carbocycles. The number of urea groups is 1. The van der Waals surface area contributed by atoms with Crippen molar-refractivity contribution in [2.45, 2.75) is 116 Å². The van der Waals surface area contributed by atoms with Crippen molar-refractivity contribution < 1.29 is 19.4 Å². The van der Waals surface area contributed by atoms with Crippen LogP contribution in [0.1, 0.15) is 119 Å². The molecule has 1 aromatic rings. The predicted octanol–water partition coefficient (Wildman–Crippen LogP) is 6.50. The van der Waals surface area contributed by atoms with Crippen molar-refractivity contribution in [1.82, 2.24) is 16.2 Å². The van der Waals surface area contributed by atoms with Crippen molar-refractivity contribution in [3.63, 3.8) is 0 Å². The Morgan fingerprint density at radius 3 is 2.42 bits per heavy atom. The lowest BCUT2D eigenvalue weighted by atomic mass is 9.54. The molecular formula is C33H47N3O4. The van der Waals surface area contributed by atoms with Crippen LogP contribution in [0.2, 0.25) is 0 Å². The Morgan fingerprint density at radius 1 is 1.05 bits per heavy atom. The van der Waals surface area contributed by atoms with Gasteiger partial charge in [0.15, 0.2) is 0 Å². The van der Waals surface area contributed by atoms with Gasteiger partial charge in [-0.05, 0) is 114 Å². The number of ether oxygens (including phenoxy) is 1. The zero-order chi connectivity index (χ0) is 28.2. The fourth-order valence-corrected chi connectivity index (χ4v) is 9.15. The first-order valence-corrected chi connectivity index (χ1v) is 15.8. The summed E-state index contributed by atoms with van der Waals surface area (Å²) >= 11 is 0. The molecule has 4 saturated carbocycles. The molecule has 7 nitrogen and oxygen atoms in total. The van der Waals surface area contributed by atoms with E-state index in [1.54, 1.807) is 0 Å². The van der Waals surface area contributed by atoms with E-state index in [9.17, 15) is 14.7 Å². The number of phenols is 1. The zero-order valence-electron chi connectivity index (χ0n) is 24.6. The first kappa shape index (κ1) is 27.5. The zero-order valence-corrected chi connectivity index (χ0v) is 24.6. The lowest BCUT2D eigenvalue weighted by Crippen LogP contribution is -2.59. The third-order valence-electron chi connectivity index (χ3n) is 10.8. The highest BCUT2D eigenvalue weighted by molar-refractivity contribution is 6.00. The molecule has 4 bridgehead atoms. The number of allylic oxidation sites excluding steroid dienone is 2. The molecular weight excluding hydrogens is 502 g/mol. The quantitative estimate of drug-likeness (QED) is 0.185. The minimum Gasteiger partial charge on any atom is -0.507 e. The number of hydrogen-bond donors (Lipinski definition) is 4. The van der Waals surface area contributed by atoms with E-state index in [1.165, 1.54) is 37.7 Å². The molecule has 6 aliphatic rings. The number of benzene rings is 1. The average Bonchev–Trinajstić information content (AvgIpc) is 2.88. The molecule has 0 spiro atoms. The molecule has 4 fully saturated rings. The van der Waals surface area contributed by atoms with Crippen LogP contribution in [0.15, 0.2) is 17.7 Å². The van der Waals surface area contributed by atoms with Gasteiger partial charge in [0.25, 0.3) is 5.91 Å². The smallest absolute Gasteiger partial charge is 0.333 e. The maximum atomic E-state index is 13.6. The minimum atomic E-state index is -0.482. The lowest BCUT2D eigenvalue weighted by Gasteiger charge is -2.54. The highest BCUT2D eigenvalue weighted by Gasteiger charge is 2.49. The van der Waals surface area contributed by atoms with Gasteiger partial charge in [0.1, 0.15) is 17.1 Å². The van der Waals surface area contributed by atoms with Gasteiger partial charge in [-0.15, -0.1) is 0 Å². The van der Waals surface area contributed by atoms with E-state index in [0.29, 0.717) is 29.6 Å². The van der Waals surface area contributed by atoms with Crippen molar-refractivity contribution in [3.8, 4) is 11.5 Å². The van der Waals surface area contributed by atoms with Gasteiger partial charge in [0, 0.05) is 23.4 Å². The average molecular weight is 550 g/mol. The molecule has 4 N–H and O–H groups in total. The Balaban J connectivity index is 1.23. The Labute approximate surface area is 238 Å². The molecule has 3 amide bonds. The van der Waals surface area contributed by atoms with Crippen LogP contribution in [0.5, 0.6) is 11.5 Å². The van der Waals surface area contributed by atoms with E-state index in [-0.39, 0.29) is 40.8 Å². The monoisotopic (exact) mass is 549 g/mol. The first-order chi connectivity index (χ1) is 19.1. The molecule has 2 atom stereocenters. The molecule has 0 radical (unpaired) electrons. The van der Waals surface area contributed by atoms with Gasteiger partial charge < -0.3 is 15.2 Å². The standard InChI is InChI=1S/C33H47N3O4/c1-5-6-7-8-21-17-26-28(24-11-18(2)9-10-25(24)33(3,4)40-26)30(37)27(21)31(38)35-36-32(39)34-29-22-13-19-12-20(15-22)16-23(29)14-19/h11,17,19-20,22-25,29,37H,5-10,12-16H2,1-4H3,(H,35,38)(H2,34,36,39)/t19?,20?,22?,23?,24-,25-,29?/m1/s1. The molecule has 1 aliphatic heterocycles. The normalized spacial score (nSPS) is 32.8. The molecule has 0 saturated heterocycles. The number of aromatic hydroxyl groups is 1. The number of hydrazine groups is 1. The Kier molecular flexibility index (Phi) is 7.28. The Morgan fingerprint density at radius 2 is 1.75 bits per heavy atom. The summed E-state index contributed by atoms with van der Waals surface area (Å²) in [6, 6.07) is 1.78. The van der Waals surface area contributed by atoms with Gasteiger partial charge in [0.2, 0.25) is 0 Å². The maximum absolute atomic E-state index is 13.6. The van der Waals surface area contributed by atoms with Gasteiger partial charge >= 0.3 is 6.03 Å². The summed E-state index contributed by atoms with van der Waals surface area (Å²) in [6.07, 6.45) is 14.1. The summed E-state index contributed by atoms with van der Waals surface area (Å²) in [5.41, 5.74) is 7.88. The number of unbranched alkanes of at least 4 members (excludes halogenated alkanes) is 2. The van der Waals surface area contributed by atoms with Gasteiger partial charge in [-0.3, -0.25) is 10.2 Å². The fraction of sp³-hybridized carbons (Fsp3) is 0.697. The molecule has 7 rings (SSSR count). The summed E-state index contributed by atoms with van der Waals surface area (Å²) in [7, 11) is 0. The number of hydrogen-bond acceptors (Lipinski definition) is 4. The van der Waals surface area contributed by atoms with Gasteiger partial charge in [0.05, 0.1) is 5.56 Å². The molecule has 0 aromatic heterocycles. The van der Waals surface area contributed by atoms with E-state index in [2.05, 4.69) is 49.9 Å². The van der Waals surface area contributed by atoms with Gasteiger partial charge in [-0.2, -0.15) is 0 Å². The number of fused-ring (bicyclic) bond motifs is 3. The van der Waals surface area contributed by atoms with Crippen molar-refractivity contribution in [3.05, 3.63) is 34.4 Å². The maximum Gasteiger partial charge on any atom is 0.333 e. The number of rotatable bonds is 6. The van der Waals surface area contributed by atoms with E-state index in [4.69, 9.17) is 4.74 Å². The predicted molar refractivity (Wildman–Crippen MR) is 155 cm³/mol. The minimum absolute atomic E-state index is 0.0128. The second kappa shape index (κ2) is 10.6. The summed E-state index contributed by atoms with van der Waals surface area (Å²) in [4.78, 5) is 26.6. The highest BCUT2D eigenvalue weighted by atomic mass is 16.5. The van der Waals surface area contributed by atoms with Crippen LogP contribution in [-0.2, 0) is 6.42 Å². The summed E-state index contributed by atoms with van der Waals surface area (Å²) in [5.74, 6) is 3.14. The highest BCUT2D eigenvalue weighted by Crippen LogP contribution is 2.55. The van der Waals surface area contributed by atoms with E-state index < -0.39 is 5.91 Å². The van der Waals surface area contributed by atoms with Gasteiger partial charge in [-0.1, -0.05) is 31.4 Å². The van der Waals surface area contributed by atoms with Crippen LogP contribution in [0, 0.1) is 29.6 Å². The van der Waals surface area contributed by atoms with Crippen LogP contribution in [0.4, 0.5) is 4.79 Å². The molecule has 7 heteroatoms. The number of nitrogens with one attached hydrogen (secondary N) is 3. The largest absolute Gasteiger partial charge is 0.507 e. The van der Waals surface area contributed by atoms with Crippen molar-refractivity contribution in [2.75, 3.05) is 0 Å². The SMILES string of the molecule is CCCCCc1cc2c(c(O)c1C(=O)NNC(=O)NC1C3CC4CC(C3)CC1C4)[C@@H]1C=C(C)CC[C@H]1C(C)(C)O2. The van der Waals surface area contributed by atoms with E-state index in [0.717, 1.165) is 49.5 Å². The molecule has 1 heterocycles. The topological polar surface area (TPSA) is 99.7 Å². The van der Waals surface area contributed by atoms with E-state index >= 15 is 0 Å². The van der Waals surface area contributed by atoms with Gasteiger partial charge in [-0.25, -0.2) is 10.2 Å². The van der Waals surface area contributed by atoms with E-state index in [1.807, 2.05) is 6.07 Å². The second-order valence-electron chi connectivity index (χ2n) is 14.0. The van der Waals surface area contributed by atoms with Crippen LogP contribution >= 0.6 is 0 Å². The number of carbonyl (C=O) groups is 2. The molecule has 218 valence electrons. The molecule has 0 unspecified atom stereocenters. The van der Waals surface area contributed by atoms with Crippen LogP contribution in [0.25, 0.3) is 0 Å². The first-order valence-electron chi connectivity index (χ1n) is 15.8. The lowest BCUT2D eigenvalue weighted by molar-refractivity contribution is -0.00952. The number of aryl methyl sites for hydroxylation is 1. The number of carbonyl (C=O) groups excluding carboxylic acids is 2. The summed E-state index contributed by atoms with van der Waals surface area (Å²) < 4.78 is 6.52. The van der Waals surface area contributed by atoms with Crippen molar-refractivity contribution >= 4 is 11.9 Å². The fourth-order valence-electron chi connectivity index (χ4n) is 9.15. The third-order valence-corrected chi connectivity index (χ3v) is 10.8. The second-order valence-corrected chi connectivity index (χ2v) is 14.0. The number of amides is 3.